The molecule has 1 aliphatic heterocycles. The molecule has 0 radical (unpaired) electrons. The van der Waals surface area contributed by atoms with Crippen LogP contribution in [0.1, 0.15) is 28.4 Å². The van der Waals surface area contributed by atoms with E-state index in [2.05, 4.69) is 67.6 Å². The summed E-state index contributed by atoms with van der Waals surface area (Å²) < 4.78 is 5.31. The SMILES string of the molecule is COc1ccc([C@H]2CC(c3ccc(C)cc3)=Nc3ccccc3S2)cc1. The van der Waals surface area contributed by atoms with Crippen LogP contribution < -0.4 is 4.74 Å². The Morgan fingerprint density at radius 1 is 0.923 bits per heavy atom. The number of hydrogen-bond donors (Lipinski definition) is 0. The van der Waals surface area contributed by atoms with Crippen LogP contribution in [-0.4, -0.2) is 12.8 Å². The molecule has 4 rings (SSSR count). The minimum absolute atomic E-state index is 0.324. The van der Waals surface area contributed by atoms with Crippen LogP contribution in [0.4, 0.5) is 5.69 Å². The van der Waals surface area contributed by atoms with E-state index in [-0.39, 0.29) is 0 Å². The Morgan fingerprint density at radius 2 is 1.65 bits per heavy atom. The second-order valence-electron chi connectivity index (χ2n) is 6.48. The average Bonchev–Trinajstić information content (AvgIpc) is 2.88. The molecule has 26 heavy (non-hydrogen) atoms. The van der Waals surface area contributed by atoms with Crippen LogP contribution in [0.25, 0.3) is 0 Å². The standard InChI is InChI=1S/C23H21NOS/c1-16-7-9-17(10-8-16)21-15-23(18-11-13-19(25-2)14-12-18)26-22-6-4-3-5-20(22)24-21/h3-14,23H,15H2,1-2H3/t23-/m1/s1. The highest BCUT2D eigenvalue weighted by atomic mass is 32.2. The molecule has 0 saturated heterocycles. The summed E-state index contributed by atoms with van der Waals surface area (Å²) in [6.45, 7) is 2.12. The Bertz CT molecular complexity index is 929. The van der Waals surface area contributed by atoms with E-state index in [1.54, 1.807) is 7.11 Å². The number of methoxy groups -OCH3 is 1. The Labute approximate surface area is 158 Å². The van der Waals surface area contributed by atoms with E-state index in [1.165, 1.54) is 21.6 Å². The molecule has 130 valence electrons. The number of para-hydroxylation sites is 1. The number of rotatable bonds is 3. The minimum Gasteiger partial charge on any atom is -0.497 e. The van der Waals surface area contributed by atoms with Crippen LogP contribution in [0.15, 0.2) is 82.7 Å². The van der Waals surface area contributed by atoms with Gasteiger partial charge in [-0.05, 0) is 42.3 Å². The number of aryl methyl sites for hydroxylation is 1. The smallest absolute Gasteiger partial charge is 0.118 e. The van der Waals surface area contributed by atoms with Gasteiger partial charge in [-0.2, -0.15) is 0 Å². The molecule has 0 fully saturated rings. The lowest BCUT2D eigenvalue weighted by Crippen LogP contribution is -2.05. The van der Waals surface area contributed by atoms with E-state index in [9.17, 15) is 0 Å². The van der Waals surface area contributed by atoms with Gasteiger partial charge in [0.05, 0.1) is 12.8 Å². The molecule has 3 aromatic rings. The molecule has 0 unspecified atom stereocenters. The van der Waals surface area contributed by atoms with Crippen LogP contribution in [0.5, 0.6) is 5.75 Å². The fraction of sp³-hybridized carbons (Fsp3) is 0.174. The van der Waals surface area contributed by atoms with E-state index >= 15 is 0 Å². The largest absolute Gasteiger partial charge is 0.497 e. The maximum absolute atomic E-state index is 5.31. The molecule has 3 heteroatoms. The van der Waals surface area contributed by atoms with Crippen LogP contribution >= 0.6 is 11.8 Å². The summed E-state index contributed by atoms with van der Waals surface area (Å²) in [5, 5.41) is 0.324. The summed E-state index contributed by atoms with van der Waals surface area (Å²) in [5.41, 5.74) is 5.97. The number of benzene rings is 3. The molecular weight excluding hydrogens is 338 g/mol. The number of aliphatic imine (C=N–C) groups is 1. The minimum atomic E-state index is 0.324. The van der Waals surface area contributed by atoms with Gasteiger partial charge < -0.3 is 4.74 Å². The maximum Gasteiger partial charge on any atom is 0.118 e. The van der Waals surface area contributed by atoms with Gasteiger partial charge in [0, 0.05) is 22.3 Å². The van der Waals surface area contributed by atoms with Gasteiger partial charge in [-0.25, -0.2) is 0 Å². The number of ether oxygens (including phenoxy) is 1. The fourth-order valence-electron chi connectivity index (χ4n) is 3.14. The van der Waals surface area contributed by atoms with Gasteiger partial charge in [0.25, 0.3) is 0 Å². The quantitative estimate of drug-likeness (QED) is 0.542. The first-order valence-electron chi connectivity index (χ1n) is 8.77. The van der Waals surface area contributed by atoms with E-state index in [1.807, 2.05) is 23.9 Å². The predicted molar refractivity (Wildman–Crippen MR) is 110 cm³/mol. The highest BCUT2D eigenvalue weighted by Crippen LogP contribution is 2.45. The molecule has 2 nitrogen and oxygen atoms in total. The lowest BCUT2D eigenvalue weighted by atomic mass is 10.0. The molecule has 0 aliphatic carbocycles. The van der Waals surface area contributed by atoms with E-state index in [0.29, 0.717) is 5.25 Å². The van der Waals surface area contributed by atoms with Crippen LogP contribution in [0.2, 0.25) is 0 Å². The molecule has 3 aromatic carbocycles. The lowest BCUT2D eigenvalue weighted by molar-refractivity contribution is 0.414. The van der Waals surface area contributed by atoms with Gasteiger partial charge in [0.2, 0.25) is 0 Å². The van der Waals surface area contributed by atoms with Crippen molar-refractivity contribution < 1.29 is 4.74 Å². The second kappa shape index (κ2) is 7.38. The zero-order chi connectivity index (χ0) is 17.9. The third-order valence-corrected chi connectivity index (χ3v) is 5.96. The van der Waals surface area contributed by atoms with Crippen molar-refractivity contribution in [2.24, 2.45) is 4.99 Å². The average molecular weight is 359 g/mol. The Kier molecular flexibility index (Phi) is 4.81. The molecule has 1 aliphatic rings. The second-order valence-corrected chi connectivity index (χ2v) is 7.72. The normalized spacial score (nSPS) is 16.4. The summed E-state index contributed by atoms with van der Waals surface area (Å²) in [6, 6.07) is 25.5. The van der Waals surface area contributed by atoms with Crippen molar-refractivity contribution in [3.05, 3.63) is 89.5 Å². The number of fused-ring (bicyclic) bond motifs is 1. The first-order valence-corrected chi connectivity index (χ1v) is 9.65. The predicted octanol–water partition coefficient (Wildman–Crippen LogP) is 6.36. The molecule has 1 heterocycles. The Balaban J connectivity index is 1.75. The summed E-state index contributed by atoms with van der Waals surface area (Å²) in [5.74, 6) is 0.889. The number of thioether (sulfide) groups is 1. The monoisotopic (exact) mass is 359 g/mol. The number of nitrogens with zero attached hydrogens (tertiary/aromatic N) is 1. The van der Waals surface area contributed by atoms with Gasteiger partial charge in [-0.3, -0.25) is 4.99 Å². The molecular formula is C23H21NOS. The zero-order valence-corrected chi connectivity index (χ0v) is 15.8. The Morgan fingerprint density at radius 3 is 2.38 bits per heavy atom. The van der Waals surface area contributed by atoms with Crippen molar-refractivity contribution in [2.75, 3.05) is 7.11 Å². The summed E-state index contributed by atoms with van der Waals surface area (Å²) in [4.78, 5) is 6.25. The van der Waals surface area contributed by atoms with Crippen molar-refractivity contribution in [2.45, 2.75) is 23.5 Å². The summed E-state index contributed by atoms with van der Waals surface area (Å²) in [6.07, 6.45) is 0.898. The third kappa shape index (κ3) is 3.54. The number of hydrogen-bond acceptors (Lipinski definition) is 3. The van der Waals surface area contributed by atoms with Crippen LogP contribution in [-0.2, 0) is 0 Å². The molecule has 1 atom stereocenters. The lowest BCUT2D eigenvalue weighted by Gasteiger charge is -2.16. The molecule has 0 bridgehead atoms. The van der Waals surface area contributed by atoms with Gasteiger partial charge in [0.1, 0.15) is 5.75 Å². The van der Waals surface area contributed by atoms with Crippen molar-refractivity contribution in [3.63, 3.8) is 0 Å². The third-order valence-electron chi connectivity index (χ3n) is 4.64. The molecule has 0 aromatic heterocycles. The maximum atomic E-state index is 5.31. The molecule has 0 N–H and O–H groups in total. The Hall–Kier alpha value is -2.52. The first-order chi connectivity index (χ1) is 12.7. The van der Waals surface area contributed by atoms with Crippen molar-refractivity contribution in [1.82, 2.24) is 0 Å². The van der Waals surface area contributed by atoms with E-state index < -0.39 is 0 Å². The highest BCUT2D eigenvalue weighted by Gasteiger charge is 2.22. The van der Waals surface area contributed by atoms with Crippen LogP contribution in [0.3, 0.4) is 0 Å². The van der Waals surface area contributed by atoms with Gasteiger partial charge in [-0.15, -0.1) is 11.8 Å². The molecule has 0 amide bonds. The fourth-order valence-corrected chi connectivity index (χ4v) is 4.38. The zero-order valence-electron chi connectivity index (χ0n) is 15.0. The summed E-state index contributed by atoms with van der Waals surface area (Å²) >= 11 is 1.89. The van der Waals surface area contributed by atoms with Crippen molar-refractivity contribution in [1.29, 1.82) is 0 Å². The van der Waals surface area contributed by atoms with Crippen molar-refractivity contribution >= 4 is 23.2 Å². The van der Waals surface area contributed by atoms with Crippen molar-refractivity contribution in [3.8, 4) is 5.75 Å². The molecule has 0 saturated carbocycles. The topological polar surface area (TPSA) is 21.6 Å². The first kappa shape index (κ1) is 16.9. The molecule has 0 spiro atoms. The van der Waals surface area contributed by atoms with Crippen LogP contribution in [0, 0.1) is 6.92 Å². The van der Waals surface area contributed by atoms with E-state index in [0.717, 1.165) is 23.6 Å². The summed E-state index contributed by atoms with van der Waals surface area (Å²) in [7, 11) is 1.70. The van der Waals surface area contributed by atoms with Gasteiger partial charge in [-0.1, -0.05) is 54.1 Å². The van der Waals surface area contributed by atoms with Gasteiger partial charge in [0.15, 0.2) is 0 Å². The van der Waals surface area contributed by atoms with E-state index in [4.69, 9.17) is 9.73 Å². The van der Waals surface area contributed by atoms with Gasteiger partial charge >= 0.3 is 0 Å². The highest BCUT2D eigenvalue weighted by molar-refractivity contribution is 7.99.